The fourth-order valence-corrected chi connectivity index (χ4v) is 7.30. The molecular weight excluding hydrogens is 224 g/mol. The molecule has 0 aromatic heterocycles. The van der Waals surface area contributed by atoms with E-state index in [-0.39, 0.29) is 11.7 Å². The summed E-state index contributed by atoms with van der Waals surface area (Å²) in [5.74, 6) is -0.327. The molecule has 0 amide bonds. The number of ether oxygens (including phenoxy) is 1. The monoisotopic (exact) mass is 245 g/mol. The van der Waals surface area contributed by atoms with E-state index in [1.54, 1.807) is 7.11 Å². The zero-order chi connectivity index (χ0) is 12.1. The van der Waals surface area contributed by atoms with Crippen LogP contribution in [-0.4, -0.2) is 35.0 Å². The molecule has 0 spiro atoms. The topological polar surface area (TPSA) is 35.5 Å². The lowest BCUT2D eigenvalue weighted by atomic mass is 10.5. The van der Waals surface area contributed by atoms with Crippen LogP contribution in [0.1, 0.15) is 13.3 Å². The van der Waals surface area contributed by atoms with Crippen molar-refractivity contribution >= 4 is 22.1 Å². The zero-order valence-electron chi connectivity index (χ0n) is 10.3. The van der Waals surface area contributed by atoms with Crippen molar-refractivity contribution in [2.45, 2.75) is 38.7 Å². The average molecular weight is 245 g/mol. The molecule has 0 saturated carbocycles. The van der Waals surface area contributed by atoms with E-state index in [1.165, 1.54) is 6.08 Å². The van der Waals surface area contributed by atoms with Crippen molar-refractivity contribution < 1.29 is 14.0 Å². The number of carbonyl (C=O) groups is 1. The van der Waals surface area contributed by atoms with Crippen molar-refractivity contribution in [2.24, 2.45) is 0 Å². The molecule has 0 heterocycles. The van der Waals surface area contributed by atoms with Crippen LogP contribution in [0.5, 0.6) is 0 Å². The van der Waals surface area contributed by atoms with Gasteiger partial charge in [0.25, 0.3) is 0 Å². The third kappa shape index (κ3) is 4.31. The Morgan fingerprint density at radius 3 is 2.47 bits per heavy atom. The zero-order valence-corrected chi connectivity index (χ0v) is 12.3. The summed E-state index contributed by atoms with van der Waals surface area (Å²) in [5, 5.41) is 0. The maximum Gasteiger partial charge on any atom is 0.330 e. The second kappa shape index (κ2) is 6.24. The van der Waals surface area contributed by atoms with E-state index in [9.17, 15) is 4.79 Å². The number of hydrogen-bond acceptors (Lipinski definition) is 3. The van der Waals surface area contributed by atoms with Crippen LogP contribution in [0.4, 0.5) is 0 Å². The summed E-state index contributed by atoms with van der Waals surface area (Å²) in [6.45, 7) is 12.0. The Balaban J connectivity index is 4.53. The summed E-state index contributed by atoms with van der Waals surface area (Å²) in [6.07, 6.45) is 2.07. The van der Waals surface area contributed by atoms with E-state index in [2.05, 4.69) is 26.2 Å². The van der Waals surface area contributed by atoms with Crippen molar-refractivity contribution in [3.63, 3.8) is 0 Å². The average Bonchev–Trinajstić information content (AvgIpc) is 2.24. The Labute approximate surface area is 95.0 Å². The number of carbonyl (C=O) groups excluding carboxylic acids is 1. The molecule has 0 aliphatic rings. The Kier molecular flexibility index (Phi) is 6.08. The maximum absolute atomic E-state index is 11.2. The first-order valence-corrected chi connectivity index (χ1v) is 11.1. The van der Waals surface area contributed by atoms with Crippen LogP contribution in [0.3, 0.4) is 0 Å². The van der Waals surface area contributed by atoms with Gasteiger partial charge in [0.15, 0.2) is 7.83 Å². The first-order valence-electron chi connectivity index (χ1n) is 5.11. The molecule has 0 aliphatic carbocycles. The van der Waals surface area contributed by atoms with Gasteiger partial charge < -0.3 is 9.16 Å². The lowest BCUT2D eigenvalue weighted by Gasteiger charge is -2.31. The molecule has 1 unspecified atom stereocenters. The largest absolute Gasteiger partial charge is 0.464 e. The Bertz CT molecular complexity index is 229. The van der Waals surface area contributed by atoms with Crippen LogP contribution in [0.2, 0.25) is 19.6 Å². The highest BCUT2D eigenvalue weighted by Gasteiger charge is 2.37. The van der Waals surface area contributed by atoms with Gasteiger partial charge in [-0.05, 0) is 19.5 Å². The molecule has 87 valence electrons. The number of esters is 1. The van der Waals surface area contributed by atoms with Crippen molar-refractivity contribution in [3.05, 3.63) is 12.7 Å². The summed E-state index contributed by atoms with van der Waals surface area (Å²) < 4.78 is 10.9. The van der Waals surface area contributed by atoms with Crippen molar-refractivity contribution in [2.75, 3.05) is 7.11 Å². The lowest BCUT2D eigenvalue weighted by molar-refractivity contribution is -0.139. The van der Waals surface area contributed by atoms with E-state index >= 15 is 0 Å². The van der Waals surface area contributed by atoms with Gasteiger partial charge in [-0.15, -0.1) is 0 Å². The summed E-state index contributed by atoms with van der Waals surface area (Å²) in [5.41, 5.74) is 0.0297. The molecule has 0 aromatic carbocycles. The molecule has 0 bridgehead atoms. The minimum Gasteiger partial charge on any atom is -0.464 e. The maximum atomic E-state index is 11.2. The first kappa shape index (κ1) is 14.6. The molecular formula is C10H21O3Si2. The fraction of sp³-hybridized carbons (Fsp3) is 0.700. The first-order chi connectivity index (χ1) is 6.88. The summed E-state index contributed by atoms with van der Waals surface area (Å²) in [7, 11) is -0.687. The van der Waals surface area contributed by atoms with E-state index in [0.717, 1.165) is 6.42 Å². The molecule has 1 radical (unpaired) electrons. The Morgan fingerprint density at radius 1 is 1.60 bits per heavy atom. The minimum absolute atomic E-state index is 0.0297. The van der Waals surface area contributed by atoms with Crippen molar-refractivity contribution in [1.82, 2.24) is 0 Å². The molecule has 0 fully saturated rings. The van der Waals surface area contributed by atoms with Gasteiger partial charge in [-0.1, -0.05) is 20.0 Å². The van der Waals surface area contributed by atoms with Gasteiger partial charge in [0.1, 0.15) is 8.31 Å². The standard InChI is InChI=1S/C10H21O3Si2/c1-7-9(11)13-10(8-2)14(4)15(5,6)12-3/h7,10H,1,8H2,2-6H3. The van der Waals surface area contributed by atoms with E-state index < -0.39 is 16.1 Å². The normalized spacial score (nSPS) is 13.7. The molecule has 3 nitrogen and oxygen atoms in total. The quantitative estimate of drug-likeness (QED) is 0.408. The predicted octanol–water partition coefficient (Wildman–Crippen LogP) is 2.09. The van der Waals surface area contributed by atoms with Crippen LogP contribution in [0.25, 0.3) is 0 Å². The van der Waals surface area contributed by atoms with Crippen molar-refractivity contribution in [3.8, 4) is 0 Å². The van der Waals surface area contributed by atoms with Gasteiger partial charge in [0.2, 0.25) is 0 Å². The molecule has 0 aliphatic heterocycles. The van der Waals surface area contributed by atoms with Crippen LogP contribution in [0.15, 0.2) is 12.7 Å². The van der Waals surface area contributed by atoms with Gasteiger partial charge in [-0.2, -0.15) is 0 Å². The molecule has 5 heteroatoms. The fourth-order valence-electron chi connectivity index (χ4n) is 1.21. The van der Waals surface area contributed by atoms with Crippen molar-refractivity contribution in [1.29, 1.82) is 0 Å². The SMILES string of the molecule is C=CC(=O)OC(CC)[Si](C)[Si](C)(C)OC. The highest BCUT2D eigenvalue weighted by Crippen LogP contribution is 2.16. The van der Waals surface area contributed by atoms with E-state index in [0.29, 0.717) is 0 Å². The highest BCUT2D eigenvalue weighted by molar-refractivity contribution is 7.29. The summed E-state index contributed by atoms with van der Waals surface area (Å²) >= 11 is 0. The van der Waals surface area contributed by atoms with Crippen LogP contribution >= 0.6 is 0 Å². The molecule has 0 rings (SSSR count). The summed E-state index contributed by atoms with van der Waals surface area (Å²) in [6, 6.07) is 0. The Hall–Kier alpha value is -0.396. The van der Waals surface area contributed by atoms with E-state index in [4.69, 9.17) is 9.16 Å². The minimum atomic E-state index is -1.65. The molecule has 0 N–H and O–H groups in total. The second-order valence-corrected chi connectivity index (χ2v) is 15.4. The molecule has 0 saturated heterocycles. The van der Waals surface area contributed by atoms with E-state index in [1.807, 2.05) is 6.92 Å². The second-order valence-electron chi connectivity index (χ2n) is 3.94. The summed E-state index contributed by atoms with van der Waals surface area (Å²) in [4.78, 5) is 11.2. The highest BCUT2D eigenvalue weighted by atomic mass is 29.2. The molecule has 0 aromatic rings. The third-order valence-electron chi connectivity index (χ3n) is 2.74. The van der Waals surface area contributed by atoms with Gasteiger partial charge in [0, 0.05) is 13.2 Å². The number of hydrogen-bond donors (Lipinski definition) is 0. The molecule has 15 heavy (non-hydrogen) atoms. The van der Waals surface area contributed by atoms with Crippen LogP contribution < -0.4 is 0 Å². The lowest BCUT2D eigenvalue weighted by Crippen LogP contribution is -2.54. The van der Waals surface area contributed by atoms with Gasteiger partial charge in [0.05, 0.1) is 5.73 Å². The van der Waals surface area contributed by atoms with Crippen LogP contribution in [0, 0.1) is 0 Å². The van der Waals surface area contributed by atoms with Gasteiger partial charge >= 0.3 is 5.97 Å². The number of rotatable bonds is 6. The van der Waals surface area contributed by atoms with Gasteiger partial charge in [-0.25, -0.2) is 4.79 Å². The third-order valence-corrected chi connectivity index (χ3v) is 14.4. The van der Waals surface area contributed by atoms with Crippen LogP contribution in [-0.2, 0) is 14.0 Å². The smallest absolute Gasteiger partial charge is 0.330 e. The predicted molar refractivity (Wildman–Crippen MR) is 66.5 cm³/mol. The Morgan fingerprint density at radius 2 is 2.13 bits per heavy atom. The van der Waals surface area contributed by atoms with Gasteiger partial charge in [-0.3, -0.25) is 0 Å². The molecule has 1 atom stereocenters.